The molecule has 0 fully saturated rings. The van der Waals surface area contributed by atoms with Crippen LogP contribution in [0.5, 0.6) is 0 Å². The average Bonchev–Trinajstić information content (AvgIpc) is 2.34. The van der Waals surface area contributed by atoms with Gasteiger partial charge in [0.15, 0.2) is 0 Å². The minimum absolute atomic E-state index is 1.27. The molecule has 80 valence electrons. The zero-order chi connectivity index (χ0) is 11.4. The van der Waals surface area contributed by atoms with Crippen LogP contribution in [0.3, 0.4) is 0 Å². The number of aryl methyl sites for hydroxylation is 1. The normalized spacial score (nSPS) is 11.5. The second-order valence-electron chi connectivity index (χ2n) is 3.93. The summed E-state index contributed by atoms with van der Waals surface area (Å²) in [5.74, 6) is 0. The Bertz CT molecular complexity index is 475. The second kappa shape index (κ2) is 4.80. The number of rotatable bonds is 2. The highest BCUT2D eigenvalue weighted by Crippen LogP contribution is 2.23. The van der Waals surface area contributed by atoms with Crippen LogP contribution in [0.2, 0.25) is 0 Å². The van der Waals surface area contributed by atoms with Crippen LogP contribution in [0, 0.1) is 6.92 Å². The van der Waals surface area contributed by atoms with E-state index in [-0.39, 0.29) is 0 Å². The van der Waals surface area contributed by atoms with Crippen LogP contribution < -0.4 is 0 Å². The van der Waals surface area contributed by atoms with Crippen molar-refractivity contribution in [1.29, 1.82) is 0 Å². The molecule has 0 aliphatic heterocycles. The Morgan fingerprint density at radius 2 is 1.38 bits per heavy atom. The summed E-state index contributed by atoms with van der Waals surface area (Å²) in [7, 11) is 0. The molecular formula is C16H16. The Morgan fingerprint density at radius 3 is 1.94 bits per heavy atom. The molecule has 0 atom stereocenters. The summed E-state index contributed by atoms with van der Waals surface area (Å²) in [6.45, 7) is 4.20. The zero-order valence-corrected chi connectivity index (χ0v) is 9.77. The molecule has 0 heteroatoms. The summed E-state index contributed by atoms with van der Waals surface area (Å²) in [6, 6.07) is 19.2. The molecule has 2 rings (SSSR count). The Morgan fingerprint density at radius 1 is 0.812 bits per heavy atom. The van der Waals surface area contributed by atoms with E-state index in [2.05, 4.69) is 68.5 Å². The number of hydrogen-bond donors (Lipinski definition) is 0. The van der Waals surface area contributed by atoms with Crippen LogP contribution in [0.4, 0.5) is 0 Å². The van der Waals surface area contributed by atoms with Gasteiger partial charge in [0.05, 0.1) is 0 Å². The van der Waals surface area contributed by atoms with Gasteiger partial charge in [0.2, 0.25) is 0 Å². The van der Waals surface area contributed by atoms with Crippen LogP contribution in [0.15, 0.2) is 60.7 Å². The second-order valence-corrected chi connectivity index (χ2v) is 3.93. The predicted molar refractivity (Wildman–Crippen MR) is 70.4 cm³/mol. The van der Waals surface area contributed by atoms with E-state index in [0.717, 1.165) is 0 Å². The van der Waals surface area contributed by atoms with E-state index in [9.17, 15) is 0 Å². The fourth-order valence-electron chi connectivity index (χ4n) is 1.85. The molecule has 0 saturated heterocycles. The first kappa shape index (κ1) is 10.7. The Labute approximate surface area is 97.3 Å². The lowest BCUT2D eigenvalue weighted by Crippen LogP contribution is -1.87. The van der Waals surface area contributed by atoms with Gasteiger partial charge in [-0.1, -0.05) is 66.2 Å². The van der Waals surface area contributed by atoms with Gasteiger partial charge in [-0.15, -0.1) is 0 Å². The van der Waals surface area contributed by atoms with Crippen molar-refractivity contribution in [1.82, 2.24) is 0 Å². The third kappa shape index (κ3) is 2.22. The predicted octanol–water partition coefficient (Wildman–Crippen LogP) is 4.45. The summed E-state index contributed by atoms with van der Waals surface area (Å²) in [4.78, 5) is 0. The highest BCUT2D eigenvalue weighted by molar-refractivity contribution is 5.79. The van der Waals surface area contributed by atoms with Crippen molar-refractivity contribution < 1.29 is 0 Å². The Kier molecular flexibility index (Phi) is 3.21. The van der Waals surface area contributed by atoms with Crippen LogP contribution in [0.25, 0.3) is 5.57 Å². The van der Waals surface area contributed by atoms with Gasteiger partial charge < -0.3 is 0 Å². The molecule has 0 N–H and O–H groups in total. The first-order valence-electron chi connectivity index (χ1n) is 5.60. The maximum absolute atomic E-state index is 2.18. The van der Waals surface area contributed by atoms with Crippen molar-refractivity contribution in [2.24, 2.45) is 0 Å². The lowest BCUT2D eigenvalue weighted by Gasteiger charge is -2.07. The fourth-order valence-corrected chi connectivity index (χ4v) is 1.85. The van der Waals surface area contributed by atoms with Crippen molar-refractivity contribution in [3.8, 4) is 0 Å². The first-order valence-corrected chi connectivity index (χ1v) is 5.60. The molecule has 0 aliphatic carbocycles. The molecule has 0 unspecified atom stereocenters. The lowest BCUT2D eigenvalue weighted by molar-refractivity contribution is 1.44. The van der Waals surface area contributed by atoms with Gasteiger partial charge in [0.25, 0.3) is 0 Å². The summed E-state index contributed by atoms with van der Waals surface area (Å²) in [6.07, 6.45) is 2.17. The van der Waals surface area contributed by atoms with Crippen LogP contribution in [0.1, 0.15) is 23.6 Å². The lowest BCUT2D eigenvalue weighted by atomic mass is 9.97. The minimum Gasteiger partial charge on any atom is -0.0792 e. The third-order valence-electron chi connectivity index (χ3n) is 2.74. The summed E-state index contributed by atoms with van der Waals surface area (Å²) >= 11 is 0. The standard InChI is InChI=1S/C16H16/c1-3-16(14-7-5-4-6-8-14)15-11-9-13(2)10-12-15/h3-12H,1-2H3/b16-3+. The van der Waals surface area contributed by atoms with Gasteiger partial charge in [-0.05, 0) is 30.5 Å². The zero-order valence-electron chi connectivity index (χ0n) is 9.77. The van der Waals surface area contributed by atoms with Gasteiger partial charge in [-0.3, -0.25) is 0 Å². The minimum atomic E-state index is 1.27. The van der Waals surface area contributed by atoms with Crippen molar-refractivity contribution in [3.63, 3.8) is 0 Å². The van der Waals surface area contributed by atoms with Gasteiger partial charge in [0.1, 0.15) is 0 Å². The molecule has 0 bridgehead atoms. The first-order chi connectivity index (χ1) is 7.81. The SMILES string of the molecule is C/C=C(\c1ccccc1)c1ccc(C)cc1. The maximum atomic E-state index is 2.18. The fraction of sp³-hybridized carbons (Fsp3) is 0.125. The number of hydrogen-bond acceptors (Lipinski definition) is 0. The molecule has 0 spiro atoms. The molecule has 0 aliphatic rings. The number of benzene rings is 2. The smallest absolute Gasteiger partial charge is 0.0154 e. The van der Waals surface area contributed by atoms with Crippen LogP contribution in [-0.2, 0) is 0 Å². The highest BCUT2D eigenvalue weighted by Gasteiger charge is 2.02. The van der Waals surface area contributed by atoms with Crippen molar-refractivity contribution in [2.75, 3.05) is 0 Å². The molecule has 0 heterocycles. The van der Waals surface area contributed by atoms with Crippen molar-refractivity contribution in [3.05, 3.63) is 77.4 Å². The monoisotopic (exact) mass is 208 g/mol. The quantitative estimate of drug-likeness (QED) is 0.684. The van der Waals surface area contributed by atoms with E-state index in [1.807, 2.05) is 6.07 Å². The maximum Gasteiger partial charge on any atom is -0.0154 e. The highest BCUT2D eigenvalue weighted by atomic mass is 14.1. The van der Waals surface area contributed by atoms with E-state index < -0.39 is 0 Å². The largest absolute Gasteiger partial charge is 0.0792 e. The van der Waals surface area contributed by atoms with Crippen LogP contribution in [-0.4, -0.2) is 0 Å². The summed E-state index contributed by atoms with van der Waals surface area (Å²) in [5.41, 5.74) is 5.14. The Hall–Kier alpha value is -1.82. The summed E-state index contributed by atoms with van der Waals surface area (Å²) in [5, 5.41) is 0. The van der Waals surface area contributed by atoms with Gasteiger partial charge >= 0.3 is 0 Å². The van der Waals surface area contributed by atoms with Crippen molar-refractivity contribution in [2.45, 2.75) is 13.8 Å². The summed E-state index contributed by atoms with van der Waals surface area (Å²) < 4.78 is 0. The van der Waals surface area contributed by atoms with E-state index >= 15 is 0 Å². The molecule has 0 aromatic heterocycles. The van der Waals surface area contributed by atoms with E-state index in [4.69, 9.17) is 0 Å². The van der Waals surface area contributed by atoms with E-state index in [1.54, 1.807) is 0 Å². The molecule has 0 amide bonds. The molecule has 0 nitrogen and oxygen atoms in total. The molecule has 2 aromatic rings. The third-order valence-corrected chi connectivity index (χ3v) is 2.74. The van der Waals surface area contributed by atoms with Crippen LogP contribution >= 0.6 is 0 Å². The average molecular weight is 208 g/mol. The molecule has 2 aromatic carbocycles. The van der Waals surface area contributed by atoms with Gasteiger partial charge in [-0.2, -0.15) is 0 Å². The molecule has 0 saturated carbocycles. The van der Waals surface area contributed by atoms with E-state index in [0.29, 0.717) is 0 Å². The topological polar surface area (TPSA) is 0 Å². The molecular weight excluding hydrogens is 192 g/mol. The molecule has 0 radical (unpaired) electrons. The van der Waals surface area contributed by atoms with Crippen molar-refractivity contribution >= 4 is 5.57 Å². The van der Waals surface area contributed by atoms with E-state index in [1.165, 1.54) is 22.3 Å². The van der Waals surface area contributed by atoms with Gasteiger partial charge in [-0.25, -0.2) is 0 Å². The Balaban J connectivity index is 2.42. The molecule has 16 heavy (non-hydrogen) atoms. The van der Waals surface area contributed by atoms with Gasteiger partial charge in [0, 0.05) is 0 Å². The number of allylic oxidation sites excluding steroid dienone is 1.